The van der Waals surface area contributed by atoms with E-state index in [0.29, 0.717) is 5.56 Å². The predicted molar refractivity (Wildman–Crippen MR) is 60.7 cm³/mol. The topological polar surface area (TPSA) is 50.4 Å². The fourth-order valence-electron chi connectivity index (χ4n) is 1.82. The Balaban J connectivity index is 2.50. The summed E-state index contributed by atoms with van der Waals surface area (Å²) in [5.74, 6) is -3.08. The maximum Gasteiger partial charge on any atom is 0.201 e. The Morgan fingerprint density at radius 3 is 2.61 bits per heavy atom. The van der Waals surface area contributed by atoms with Gasteiger partial charge in [0.15, 0.2) is 17.0 Å². The van der Waals surface area contributed by atoms with E-state index in [9.17, 15) is 18.7 Å². The highest BCUT2D eigenvalue weighted by Gasteiger charge is 2.17. The van der Waals surface area contributed by atoms with Gasteiger partial charge in [0.2, 0.25) is 5.82 Å². The molecule has 1 aromatic carbocycles. The number of hydrogen-bond acceptors (Lipinski definition) is 3. The van der Waals surface area contributed by atoms with Crippen LogP contribution in [0, 0.1) is 11.6 Å². The van der Waals surface area contributed by atoms with Crippen molar-refractivity contribution >= 4 is 11.0 Å². The summed E-state index contributed by atoms with van der Waals surface area (Å²) < 4.78 is 32.1. The van der Waals surface area contributed by atoms with Crippen LogP contribution in [0.1, 0.15) is 0 Å². The van der Waals surface area contributed by atoms with Crippen molar-refractivity contribution < 1.29 is 18.3 Å². The minimum absolute atomic E-state index is 0.0236. The summed E-state index contributed by atoms with van der Waals surface area (Å²) in [5.41, 5.74) is 0.202. The second-order valence-corrected chi connectivity index (χ2v) is 3.88. The van der Waals surface area contributed by atoms with Crippen LogP contribution in [0.4, 0.5) is 8.78 Å². The van der Waals surface area contributed by atoms with Gasteiger partial charge in [0.05, 0.1) is 5.39 Å². The Labute approximate surface area is 99.2 Å². The van der Waals surface area contributed by atoms with Crippen LogP contribution in [0.2, 0.25) is 0 Å². The predicted octanol–water partition coefficient (Wildman–Crippen LogP) is 2.88. The minimum Gasteiger partial charge on any atom is -0.505 e. The van der Waals surface area contributed by atoms with Gasteiger partial charge in [-0.3, -0.25) is 4.79 Å². The maximum absolute atomic E-state index is 13.6. The Morgan fingerprint density at radius 2 is 1.83 bits per heavy atom. The number of benzene rings is 2. The van der Waals surface area contributed by atoms with Gasteiger partial charge in [0.25, 0.3) is 0 Å². The molecule has 1 aliphatic heterocycles. The molecule has 0 amide bonds. The van der Waals surface area contributed by atoms with Crippen LogP contribution in [-0.2, 0) is 0 Å². The molecule has 1 aliphatic carbocycles. The maximum atomic E-state index is 13.6. The summed E-state index contributed by atoms with van der Waals surface area (Å²) >= 11 is 0. The number of phenolic OH excluding ortho intramolecular Hbond substituents is 1. The number of halogens is 2. The molecule has 1 heterocycles. The van der Waals surface area contributed by atoms with E-state index >= 15 is 0 Å². The van der Waals surface area contributed by atoms with E-state index in [2.05, 4.69) is 0 Å². The van der Waals surface area contributed by atoms with Gasteiger partial charge in [-0.2, -0.15) is 4.39 Å². The highest BCUT2D eigenvalue weighted by molar-refractivity contribution is 5.84. The molecule has 0 spiro atoms. The van der Waals surface area contributed by atoms with Crippen molar-refractivity contribution in [2.45, 2.75) is 0 Å². The number of aromatic hydroxyl groups is 1. The zero-order valence-electron chi connectivity index (χ0n) is 8.91. The second-order valence-electron chi connectivity index (χ2n) is 3.88. The summed E-state index contributed by atoms with van der Waals surface area (Å²) in [6, 6.07) is 6.35. The first-order valence-corrected chi connectivity index (χ1v) is 5.11. The molecule has 2 aliphatic rings. The van der Waals surface area contributed by atoms with E-state index in [0.717, 1.165) is 6.07 Å². The zero-order valence-corrected chi connectivity index (χ0v) is 8.91. The van der Waals surface area contributed by atoms with Crippen LogP contribution in [0.15, 0.2) is 39.5 Å². The molecule has 0 bridgehead atoms. The number of hydrogen-bond donors (Lipinski definition) is 1. The van der Waals surface area contributed by atoms with E-state index in [1.54, 1.807) is 0 Å². The van der Waals surface area contributed by atoms with Crippen LogP contribution in [0.5, 0.6) is 5.75 Å². The summed E-state index contributed by atoms with van der Waals surface area (Å²) in [6.07, 6.45) is 0. The molecule has 1 N–H and O–H groups in total. The molecule has 0 saturated carbocycles. The summed E-state index contributed by atoms with van der Waals surface area (Å²) in [4.78, 5) is 11.2. The van der Waals surface area contributed by atoms with Gasteiger partial charge in [0.1, 0.15) is 11.3 Å². The summed E-state index contributed by atoms with van der Waals surface area (Å²) in [5, 5.41) is 9.10. The van der Waals surface area contributed by atoms with E-state index in [4.69, 9.17) is 4.42 Å². The van der Waals surface area contributed by atoms with Gasteiger partial charge in [-0.25, -0.2) is 4.39 Å². The zero-order chi connectivity index (χ0) is 12.9. The first-order chi connectivity index (χ1) is 8.56. The lowest BCUT2D eigenvalue weighted by Gasteiger charge is -2.08. The molecule has 0 unspecified atom stereocenters. The van der Waals surface area contributed by atoms with E-state index in [-0.39, 0.29) is 22.2 Å². The molecule has 0 radical (unpaired) electrons. The van der Waals surface area contributed by atoms with Gasteiger partial charge in [-0.05, 0) is 18.2 Å². The molecule has 0 saturated heterocycles. The molecule has 5 heteroatoms. The normalized spacial score (nSPS) is 11.2. The molecule has 1 aromatic rings. The quantitative estimate of drug-likeness (QED) is 0.622. The first-order valence-electron chi connectivity index (χ1n) is 5.11. The highest BCUT2D eigenvalue weighted by atomic mass is 19.2. The number of phenols is 1. The Hall–Kier alpha value is -2.43. The van der Waals surface area contributed by atoms with E-state index in [1.165, 1.54) is 24.3 Å². The molecule has 90 valence electrons. The van der Waals surface area contributed by atoms with Crippen molar-refractivity contribution in [3.63, 3.8) is 0 Å². The van der Waals surface area contributed by atoms with Gasteiger partial charge in [0, 0.05) is 17.7 Å². The Morgan fingerprint density at radius 1 is 1.06 bits per heavy atom. The molecular weight excluding hydrogens is 242 g/mol. The van der Waals surface area contributed by atoms with Crippen LogP contribution in [-0.4, -0.2) is 5.11 Å². The van der Waals surface area contributed by atoms with Crippen LogP contribution < -0.4 is 5.43 Å². The SMILES string of the molecule is O=c1ccc2cc3c(F)c(F)c(O)cc3oc-2c1. The van der Waals surface area contributed by atoms with Gasteiger partial charge < -0.3 is 9.52 Å². The lowest BCUT2D eigenvalue weighted by Crippen LogP contribution is -1.98. The standard InChI is InChI=1S/C13H6F2O3/c14-12-8-3-6-1-2-7(16)4-10(6)18-11(8)5-9(17)13(12)15/h1-5,17H. The summed E-state index contributed by atoms with van der Waals surface area (Å²) in [6.45, 7) is 0. The van der Waals surface area contributed by atoms with Crippen molar-refractivity contribution in [1.82, 2.24) is 0 Å². The first kappa shape index (κ1) is 10.7. The highest BCUT2D eigenvalue weighted by Crippen LogP contribution is 2.32. The van der Waals surface area contributed by atoms with Crippen molar-refractivity contribution in [3.8, 4) is 17.1 Å². The van der Waals surface area contributed by atoms with E-state index in [1.807, 2.05) is 0 Å². The lowest BCUT2D eigenvalue weighted by atomic mass is 10.1. The molecule has 18 heavy (non-hydrogen) atoms. The fraction of sp³-hybridized carbons (Fsp3) is 0. The van der Waals surface area contributed by atoms with Crippen LogP contribution in [0.3, 0.4) is 0 Å². The average Bonchev–Trinajstić information content (AvgIpc) is 2.34. The molecule has 0 aromatic heterocycles. The second kappa shape index (κ2) is 3.53. The molecule has 3 nitrogen and oxygen atoms in total. The third kappa shape index (κ3) is 1.44. The monoisotopic (exact) mass is 248 g/mol. The van der Waals surface area contributed by atoms with Gasteiger partial charge in [-0.1, -0.05) is 0 Å². The van der Waals surface area contributed by atoms with Crippen molar-refractivity contribution in [3.05, 3.63) is 52.2 Å². The lowest BCUT2D eigenvalue weighted by molar-refractivity contribution is 0.408. The molecule has 0 atom stereocenters. The van der Waals surface area contributed by atoms with Crippen LogP contribution >= 0.6 is 0 Å². The van der Waals surface area contributed by atoms with Gasteiger partial charge >= 0.3 is 0 Å². The van der Waals surface area contributed by atoms with Gasteiger partial charge in [-0.15, -0.1) is 0 Å². The molecular formula is C13H6F2O3. The Kier molecular flexibility index (Phi) is 2.10. The largest absolute Gasteiger partial charge is 0.505 e. The molecule has 0 fully saturated rings. The number of rotatable bonds is 0. The Bertz CT molecular complexity index is 792. The van der Waals surface area contributed by atoms with Crippen LogP contribution in [0.25, 0.3) is 22.3 Å². The third-order valence-corrected chi connectivity index (χ3v) is 2.69. The van der Waals surface area contributed by atoms with Crippen molar-refractivity contribution in [2.75, 3.05) is 0 Å². The van der Waals surface area contributed by atoms with E-state index < -0.39 is 17.4 Å². The number of fused-ring (bicyclic) bond motifs is 2. The third-order valence-electron chi connectivity index (χ3n) is 2.69. The smallest absolute Gasteiger partial charge is 0.201 e. The average molecular weight is 248 g/mol. The van der Waals surface area contributed by atoms with Crippen molar-refractivity contribution in [2.24, 2.45) is 0 Å². The summed E-state index contributed by atoms with van der Waals surface area (Å²) in [7, 11) is 0. The minimum atomic E-state index is -1.32. The molecule has 3 rings (SSSR count). The fourth-order valence-corrected chi connectivity index (χ4v) is 1.82. The van der Waals surface area contributed by atoms with Crippen molar-refractivity contribution in [1.29, 1.82) is 0 Å².